The number of carbonyl (C=O) groups excluding carboxylic acids is 1. The molecular formula is C14H14FN3O3. The third-order valence-electron chi connectivity index (χ3n) is 2.97. The fourth-order valence-electron chi connectivity index (χ4n) is 1.99. The van der Waals surface area contributed by atoms with Crippen molar-refractivity contribution < 1.29 is 9.18 Å². The molecule has 0 bridgehead atoms. The summed E-state index contributed by atoms with van der Waals surface area (Å²) in [4.78, 5) is 35.9. The lowest BCUT2D eigenvalue weighted by Gasteiger charge is -2.11. The van der Waals surface area contributed by atoms with Crippen LogP contribution in [0.3, 0.4) is 0 Å². The standard InChI is InChI=1S/C14H14FN3O3/c1-2-7-17-8-11(12(16)19)13(20)18(14(17)21)10-5-3-9(15)4-6-10/h3-6,8H,2,7H2,1H3,(H2,16,19). The molecule has 2 N–H and O–H groups in total. The number of primary amides is 1. The Balaban J connectivity index is 2.80. The minimum Gasteiger partial charge on any atom is -0.365 e. The monoisotopic (exact) mass is 291 g/mol. The van der Waals surface area contributed by atoms with E-state index in [0.717, 1.165) is 22.9 Å². The Labute approximate surface area is 119 Å². The normalized spacial score (nSPS) is 10.6. The van der Waals surface area contributed by atoms with Crippen LogP contribution in [0.2, 0.25) is 0 Å². The molecule has 7 heteroatoms. The SMILES string of the molecule is CCCn1cc(C(N)=O)c(=O)n(-c2ccc(F)cc2)c1=O. The quantitative estimate of drug-likeness (QED) is 0.897. The molecule has 21 heavy (non-hydrogen) atoms. The van der Waals surface area contributed by atoms with E-state index in [1.807, 2.05) is 6.92 Å². The first kappa shape index (κ1) is 14.7. The first-order valence-electron chi connectivity index (χ1n) is 6.38. The van der Waals surface area contributed by atoms with Crippen LogP contribution in [0.4, 0.5) is 4.39 Å². The third kappa shape index (κ3) is 2.76. The summed E-state index contributed by atoms with van der Waals surface area (Å²) in [5.74, 6) is -1.41. The predicted molar refractivity (Wildman–Crippen MR) is 75.1 cm³/mol. The zero-order valence-electron chi connectivity index (χ0n) is 11.4. The maximum Gasteiger partial charge on any atom is 0.335 e. The largest absolute Gasteiger partial charge is 0.365 e. The number of aromatic nitrogens is 2. The molecule has 1 heterocycles. The number of rotatable bonds is 4. The van der Waals surface area contributed by atoms with Crippen LogP contribution >= 0.6 is 0 Å². The number of carbonyl (C=O) groups is 1. The third-order valence-corrected chi connectivity index (χ3v) is 2.97. The number of hydrogen-bond donors (Lipinski definition) is 1. The molecule has 2 rings (SSSR count). The van der Waals surface area contributed by atoms with E-state index in [9.17, 15) is 18.8 Å². The lowest BCUT2D eigenvalue weighted by molar-refractivity contribution is 0.0997. The van der Waals surface area contributed by atoms with Gasteiger partial charge in [-0.3, -0.25) is 14.2 Å². The van der Waals surface area contributed by atoms with E-state index in [4.69, 9.17) is 5.73 Å². The lowest BCUT2D eigenvalue weighted by Crippen LogP contribution is -2.42. The number of benzene rings is 1. The van der Waals surface area contributed by atoms with Gasteiger partial charge in [-0.25, -0.2) is 13.8 Å². The summed E-state index contributed by atoms with van der Waals surface area (Å²) in [7, 11) is 0. The van der Waals surface area contributed by atoms with Crippen molar-refractivity contribution in [3.63, 3.8) is 0 Å². The van der Waals surface area contributed by atoms with Gasteiger partial charge in [-0.15, -0.1) is 0 Å². The van der Waals surface area contributed by atoms with Crippen LogP contribution in [-0.4, -0.2) is 15.0 Å². The molecule has 6 nitrogen and oxygen atoms in total. The van der Waals surface area contributed by atoms with Gasteiger partial charge in [-0.1, -0.05) is 6.92 Å². The van der Waals surface area contributed by atoms with Gasteiger partial charge in [0.25, 0.3) is 11.5 Å². The smallest absolute Gasteiger partial charge is 0.335 e. The Morgan fingerprint density at radius 2 is 1.86 bits per heavy atom. The summed E-state index contributed by atoms with van der Waals surface area (Å²) in [5, 5.41) is 0. The summed E-state index contributed by atoms with van der Waals surface area (Å²) in [6.07, 6.45) is 1.80. The highest BCUT2D eigenvalue weighted by Gasteiger charge is 2.16. The predicted octanol–water partition coefficient (Wildman–Crippen LogP) is 0.647. The van der Waals surface area contributed by atoms with Crippen LogP contribution in [0.15, 0.2) is 40.1 Å². The van der Waals surface area contributed by atoms with Crippen LogP contribution < -0.4 is 17.0 Å². The summed E-state index contributed by atoms with van der Waals surface area (Å²) in [6.45, 7) is 2.18. The Hall–Kier alpha value is -2.70. The van der Waals surface area contributed by atoms with E-state index in [2.05, 4.69) is 0 Å². The molecule has 1 aromatic heterocycles. The highest BCUT2D eigenvalue weighted by molar-refractivity contribution is 5.92. The van der Waals surface area contributed by atoms with Crippen molar-refractivity contribution in [3.8, 4) is 5.69 Å². The average molecular weight is 291 g/mol. The fourth-order valence-corrected chi connectivity index (χ4v) is 1.99. The summed E-state index contributed by atoms with van der Waals surface area (Å²) >= 11 is 0. The van der Waals surface area contributed by atoms with Crippen LogP contribution in [0.25, 0.3) is 5.69 Å². The highest BCUT2D eigenvalue weighted by atomic mass is 19.1. The Morgan fingerprint density at radius 3 is 2.38 bits per heavy atom. The van der Waals surface area contributed by atoms with Gasteiger partial charge in [0, 0.05) is 12.7 Å². The summed E-state index contributed by atoms with van der Waals surface area (Å²) < 4.78 is 15.0. The molecule has 0 radical (unpaired) electrons. The maximum absolute atomic E-state index is 13.0. The highest BCUT2D eigenvalue weighted by Crippen LogP contribution is 2.05. The maximum atomic E-state index is 13.0. The van der Waals surface area contributed by atoms with Gasteiger partial charge < -0.3 is 5.73 Å². The molecule has 0 spiro atoms. The number of amides is 1. The number of nitrogens with two attached hydrogens (primary N) is 1. The minimum absolute atomic E-state index is 0.180. The molecule has 110 valence electrons. The first-order chi connectivity index (χ1) is 9.95. The van der Waals surface area contributed by atoms with Gasteiger partial charge >= 0.3 is 5.69 Å². The minimum atomic E-state index is -0.916. The molecule has 0 aliphatic heterocycles. The average Bonchev–Trinajstić information content (AvgIpc) is 2.44. The molecule has 1 amide bonds. The van der Waals surface area contributed by atoms with E-state index in [0.29, 0.717) is 13.0 Å². The Bertz CT molecular complexity index is 791. The zero-order valence-corrected chi connectivity index (χ0v) is 11.4. The van der Waals surface area contributed by atoms with Crippen LogP contribution in [0, 0.1) is 5.82 Å². The van der Waals surface area contributed by atoms with E-state index < -0.39 is 23.0 Å². The van der Waals surface area contributed by atoms with Gasteiger partial charge in [-0.05, 0) is 30.7 Å². The van der Waals surface area contributed by atoms with Crippen molar-refractivity contribution in [3.05, 3.63) is 62.7 Å². The Morgan fingerprint density at radius 1 is 1.24 bits per heavy atom. The van der Waals surface area contributed by atoms with E-state index in [-0.39, 0.29) is 11.3 Å². The molecule has 1 aromatic carbocycles. The fraction of sp³-hybridized carbons (Fsp3) is 0.214. The van der Waals surface area contributed by atoms with Crippen molar-refractivity contribution in [2.45, 2.75) is 19.9 Å². The van der Waals surface area contributed by atoms with Crippen LogP contribution in [0.5, 0.6) is 0 Å². The second-order valence-corrected chi connectivity index (χ2v) is 4.50. The van der Waals surface area contributed by atoms with Crippen molar-refractivity contribution in [2.24, 2.45) is 5.73 Å². The second kappa shape index (κ2) is 5.74. The second-order valence-electron chi connectivity index (χ2n) is 4.50. The molecule has 0 aliphatic carbocycles. The van der Waals surface area contributed by atoms with Gasteiger partial charge in [0.2, 0.25) is 0 Å². The van der Waals surface area contributed by atoms with Crippen LogP contribution in [0.1, 0.15) is 23.7 Å². The number of hydrogen-bond acceptors (Lipinski definition) is 3. The van der Waals surface area contributed by atoms with Crippen molar-refractivity contribution in [1.29, 1.82) is 0 Å². The molecule has 2 aromatic rings. The number of aryl methyl sites for hydroxylation is 1. The van der Waals surface area contributed by atoms with Gasteiger partial charge in [-0.2, -0.15) is 0 Å². The molecule has 0 fully saturated rings. The van der Waals surface area contributed by atoms with Gasteiger partial charge in [0.1, 0.15) is 11.4 Å². The molecule has 0 saturated heterocycles. The topological polar surface area (TPSA) is 87.1 Å². The zero-order chi connectivity index (χ0) is 15.6. The Kier molecular flexibility index (Phi) is 4.02. The molecule has 0 unspecified atom stereocenters. The van der Waals surface area contributed by atoms with E-state index >= 15 is 0 Å². The van der Waals surface area contributed by atoms with Crippen LogP contribution in [-0.2, 0) is 6.54 Å². The molecule has 0 atom stereocenters. The number of halogens is 1. The molecule has 0 aliphatic rings. The van der Waals surface area contributed by atoms with Gasteiger partial charge in [0.05, 0.1) is 5.69 Å². The van der Waals surface area contributed by atoms with E-state index in [1.165, 1.54) is 16.7 Å². The first-order valence-corrected chi connectivity index (χ1v) is 6.38. The number of nitrogens with zero attached hydrogens (tertiary/aromatic N) is 2. The van der Waals surface area contributed by atoms with Crippen molar-refractivity contribution in [2.75, 3.05) is 0 Å². The summed E-state index contributed by atoms with van der Waals surface area (Å²) in [5.41, 5.74) is 3.66. The summed E-state index contributed by atoms with van der Waals surface area (Å²) in [6, 6.07) is 4.84. The lowest BCUT2D eigenvalue weighted by atomic mass is 10.2. The van der Waals surface area contributed by atoms with Crippen molar-refractivity contribution in [1.82, 2.24) is 9.13 Å². The van der Waals surface area contributed by atoms with Crippen molar-refractivity contribution >= 4 is 5.91 Å². The molecule has 0 saturated carbocycles. The van der Waals surface area contributed by atoms with Gasteiger partial charge in [0.15, 0.2) is 0 Å². The molecular weight excluding hydrogens is 277 g/mol. The van der Waals surface area contributed by atoms with E-state index in [1.54, 1.807) is 0 Å².